The topological polar surface area (TPSA) is 89.6 Å². The highest BCUT2D eigenvalue weighted by molar-refractivity contribution is 6.31. The Morgan fingerprint density at radius 3 is 2.54 bits per heavy atom. The van der Waals surface area contributed by atoms with Gasteiger partial charge < -0.3 is 10.5 Å². The van der Waals surface area contributed by atoms with Crippen molar-refractivity contribution in [2.75, 3.05) is 0 Å². The molecule has 0 bridgehead atoms. The van der Waals surface area contributed by atoms with E-state index in [2.05, 4.69) is 10.1 Å². The van der Waals surface area contributed by atoms with Gasteiger partial charge in [0.2, 0.25) is 5.88 Å². The van der Waals surface area contributed by atoms with Crippen LogP contribution in [0.2, 0.25) is 5.02 Å². The van der Waals surface area contributed by atoms with Crippen LogP contribution < -0.4 is 15.9 Å². The zero-order valence-corrected chi connectivity index (χ0v) is 12.6. The average Bonchev–Trinajstić information content (AvgIpc) is 2.49. The third-order valence-electron chi connectivity index (χ3n) is 2.62. The fourth-order valence-electron chi connectivity index (χ4n) is 1.56. The first-order valence-electron chi connectivity index (χ1n) is 6.35. The number of alkyl halides is 3. The number of pyridine rings is 1. The lowest BCUT2D eigenvalue weighted by atomic mass is 10.2. The highest BCUT2D eigenvalue weighted by Gasteiger charge is 2.31. The second kappa shape index (κ2) is 7.18. The minimum Gasteiger partial charge on any atom is -0.438 e. The molecule has 1 aromatic heterocycles. The van der Waals surface area contributed by atoms with E-state index in [1.165, 1.54) is 18.3 Å². The van der Waals surface area contributed by atoms with Gasteiger partial charge in [-0.2, -0.15) is 18.3 Å². The Kier molecular flexibility index (Phi) is 5.24. The van der Waals surface area contributed by atoms with E-state index in [0.29, 0.717) is 17.5 Å². The van der Waals surface area contributed by atoms with E-state index < -0.39 is 17.8 Å². The Hall–Kier alpha value is -2.81. The van der Waals surface area contributed by atoms with Crippen LogP contribution in [0.15, 0.2) is 41.6 Å². The predicted octanol–water partition coefficient (Wildman–Crippen LogP) is 3.55. The zero-order chi connectivity index (χ0) is 17.7. The molecule has 0 atom stereocenters. The number of urea groups is 1. The Morgan fingerprint density at radius 2 is 2.00 bits per heavy atom. The van der Waals surface area contributed by atoms with Crippen LogP contribution in [0.5, 0.6) is 11.6 Å². The maximum absolute atomic E-state index is 12.5. The third kappa shape index (κ3) is 4.85. The second-order valence-corrected chi connectivity index (χ2v) is 4.82. The third-order valence-corrected chi connectivity index (χ3v) is 2.89. The molecule has 3 N–H and O–H groups in total. The molecule has 0 spiro atoms. The highest BCUT2D eigenvalue weighted by Crippen LogP contribution is 2.34. The lowest BCUT2D eigenvalue weighted by Crippen LogP contribution is -2.24. The molecule has 0 saturated carbocycles. The van der Waals surface area contributed by atoms with E-state index in [-0.39, 0.29) is 10.9 Å². The van der Waals surface area contributed by atoms with Crippen molar-refractivity contribution >= 4 is 23.8 Å². The molecule has 0 radical (unpaired) electrons. The molecule has 10 heteroatoms. The summed E-state index contributed by atoms with van der Waals surface area (Å²) in [5.41, 5.74) is 6.54. The van der Waals surface area contributed by atoms with Crippen molar-refractivity contribution in [1.82, 2.24) is 10.4 Å². The molecule has 0 fully saturated rings. The number of halogens is 4. The Bertz CT molecular complexity index is 764. The van der Waals surface area contributed by atoms with Crippen LogP contribution in [0.25, 0.3) is 0 Å². The molecule has 6 nitrogen and oxygen atoms in total. The minimum atomic E-state index is -4.53. The van der Waals surface area contributed by atoms with E-state index in [4.69, 9.17) is 22.1 Å². The van der Waals surface area contributed by atoms with Crippen LogP contribution in [0.3, 0.4) is 0 Å². The Morgan fingerprint density at radius 1 is 1.33 bits per heavy atom. The maximum atomic E-state index is 12.5. The van der Waals surface area contributed by atoms with E-state index in [1.54, 1.807) is 12.1 Å². The summed E-state index contributed by atoms with van der Waals surface area (Å²) in [6, 6.07) is 6.19. The number of nitrogens with one attached hydrogen (secondary N) is 1. The quantitative estimate of drug-likeness (QED) is 0.647. The number of nitrogens with zero attached hydrogens (tertiary/aromatic N) is 2. The first-order chi connectivity index (χ1) is 11.3. The summed E-state index contributed by atoms with van der Waals surface area (Å²) in [7, 11) is 0. The van der Waals surface area contributed by atoms with Gasteiger partial charge in [0, 0.05) is 6.20 Å². The number of rotatable bonds is 4. The summed E-state index contributed by atoms with van der Waals surface area (Å²) >= 11 is 5.75. The molecule has 0 aliphatic rings. The number of carbonyl (C=O) groups excluding carboxylic acids is 1. The number of hydrogen-bond donors (Lipinski definition) is 2. The molecule has 0 aliphatic carbocycles. The molecule has 0 aliphatic heterocycles. The first-order valence-corrected chi connectivity index (χ1v) is 6.72. The van der Waals surface area contributed by atoms with E-state index in [9.17, 15) is 18.0 Å². The van der Waals surface area contributed by atoms with Crippen LogP contribution in [-0.2, 0) is 6.18 Å². The molecular weight excluding hydrogens is 349 g/mol. The molecule has 0 unspecified atom stereocenters. The molecule has 1 aromatic carbocycles. The second-order valence-electron chi connectivity index (χ2n) is 4.41. The van der Waals surface area contributed by atoms with Gasteiger partial charge in [0.1, 0.15) is 10.8 Å². The fraction of sp³-hybridized carbons (Fsp3) is 0.0714. The maximum Gasteiger partial charge on any atom is 0.417 e. The van der Waals surface area contributed by atoms with Crippen molar-refractivity contribution < 1.29 is 22.7 Å². The molecule has 0 saturated heterocycles. The van der Waals surface area contributed by atoms with Crippen molar-refractivity contribution in [3.8, 4) is 11.6 Å². The summed E-state index contributed by atoms with van der Waals surface area (Å²) in [4.78, 5) is 14.0. The van der Waals surface area contributed by atoms with Gasteiger partial charge in [0.25, 0.3) is 0 Å². The molecule has 2 aromatic rings. The number of aromatic nitrogens is 1. The number of ether oxygens (including phenoxy) is 1. The monoisotopic (exact) mass is 358 g/mol. The van der Waals surface area contributed by atoms with E-state index >= 15 is 0 Å². The molecule has 2 amide bonds. The summed E-state index contributed by atoms with van der Waals surface area (Å²) in [6.45, 7) is 0. The van der Waals surface area contributed by atoms with Crippen molar-refractivity contribution in [2.45, 2.75) is 6.18 Å². The molecular formula is C14H10ClF3N4O2. The minimum absolute atomic E-state index is 0.151. The normalized spacial score (nSPS) is 11.5. The SMILES string of the molecule is NC(=O)NN=Cc1ccc(Oc2ncc(C(F)(F)F)cc2Cl)cc1. The Labute approximate surface area is 139 Å². The predicted molar refractivity (Wildman–Crippen MR) is 81.1 cm³/mol. The van der Waals surface area contributed by atoms with Crippen molar-refractivity contribution in [3.63, 3.8) is 0 Å². The van der Waals surface area contributed by atoms with E-state index in [1.807, 2.05) is 5.43 Å². The summed E-state index contributed by atoms with van der Waals surface area (Å²) < 4.78 is 42.9. The van der Waals surface area contributed by atoms with Gasteiger partial charge in [-0.05, 0) is 35.9 Å². The summed E-state index contributed by atoms with van der Waals surface area (Å²) in [5.74, 6) is 0.158. The van der Waals surface area contributed by atoms with E-state index in [0.717, 1.165) is 6.07 Å². The van der Waals surface area contributed by atoms with Gasteiger partial charge in [-0.1, -0.05) is 11.6 Å². The smallest absolute Gasteiger partial charge is 0.417 e. The van der Waals surface area contributed by atoms with Gasteiger partial charge in [0.05, 0.1) is 11.8 Å². The average molecular weight is 359 g/mol. The number of carbonyl (C=O) groups is 1. The van der Waals surface area contributed by atoms with Crippen molar-refractivity contribution in [3.05, 3.63) is 52.7 Å². The highest BCUT2D eigenvalue weighted by atomic mass is 35.5. The van der Waals surface area contributed by atoms with Gasteiger partial charge in [-0.25, -0.2) is 15.2 Å². The van der Waals surface area contributed by atoms with Gasteiger partial charge in [0.15, 0.2) is 0 Å². The standard InChI is InChI=1S/C14H10ClF3N4O2/c15-11-5-9(14(16,17)18)7-20-12(11)24-10-3-1-8(2-4-10)6-21-22-13(19)23/h1-7H,(H3,19,22,23). The number of primary amides is 1. The van der Waals surface area contributed by atoms with Gasteiger partial charge in [-0.3, -0.25) is 0 Å². The largest absolute Gasteiger partial charge is 0.438 e. The van der Waals surface area contributed by atoms with Crippen LogP contribution in [0.1, 0.15) is 11.1 Å². The lowest BCUT2D eigenvalue weighted by Gasteiger charge is -2.10. The number of amides is 2. The number of hydrazone groups is 1. The first kappa shape index (κ1) is 17.5. The zero-order valence-electron chi connectivity index (χ0n) is 11.8. The van der Waals surface area contributed by atoms with Crippen LogP contribution in [0.4, 0.5) is 18.0 Å². The molecule has 2 rings (SSSR count). The fourth-order valence-corrected chi connectivity index (χ4v) is 1.76. The van der Waals surface area contributed by atoms with Crippen LogP contribution in [0, 0.1) is 0 Å². The summed E-state index contributed by atoms with van der Waals surface area (Å²) in [6.07, 6.45) is -2.55. The number of hydrogen-bond acceptors (Lipinski definition) is 4. The molecule has 1 heterocycles. The van der Waals surface area contributed by atoms with Gasteiger partial charge in [-0.15, -0.1) is 0 Å². The van der Waals surface area contributed by atoms with Gasteiger partial charge >= 0.3 is 12.2 Å². The van der Waals surface area contributed by atoms with Crippen LogP contribution >= 0.6 is 11.6 Å². The Balaban J connectivity index is 2.09. The molecule has 24 heavy (non-hydrogen) atoms. The van der Waals surface area contributed by atoms with Crippen LogP contribution in [-0.4, -0.2) is 17.2 Å². The van der Waals surface area contributed by atoms with Crippen molar-refractivity contribution in [1.29, 1.82) is 0 Å². The molecule has 126 valence electrons. The summed E-state index contributed by atoms with van der Waals surface area (Å²) in [5, 5.41) is 3.31. The lowest BCUT2D eigenvalue weighted by molar-refractivity contribution is -0.137. The number of nitrogens with two attached hydrogens (primary N) is 1. The number of benzene rings is 1. The van der Waals surface area contributed by atoms with Crippen molar-refractivity contribution in [2.24, 2.45) is 10.8 Å².